The molecule has 0 fully saturated rings. The predicted molar refractivity (Wildman–Crippen MR) is 73.2 cm³/mol. The first-order chi connectivity index (χ1) is 9.17. The molecule has 0 unspecified atom stereocenters. The lowest BCUT2D eigenvalue weighted by Crippen LogP contribution is -2.03. The Morgan fingerprint density at radius 3 is 3.00 bits per heavy atom. The Morgan fingerprint density at radius 1 is 1.53 bits per heavy atom. The molecule has 0 aliphatic carbocycles. The molecule has 0 saturated heterocycles. The monoisotopic (exact) mass is 282 g/mol. The molecule has 1 aromatic rings. The van der Waals surface area contributed by atoms with E-state index in [1.807, 2.05) is 0 Å². The van der Waals surface area contributed by atoms with E-state index < -0.39 is 0 Å². The molecular formula is C14H15FO3S. The third kappa shape index (κ3) is 5.77. The van der Waals surface area contributed by atoms with Gasteiger partial charge in [0.15, 0.2) is 0 Å². The molecule has 0 bridgehead atoms. The Morgan fingerprint density at radius 2 is 2.32 bits per heavy atom. The number of halogens is 1. The molecule has 5 heteroatoms. The summed E-state index contributed by atoms with van der Waals surface area (Å²) in [5.41, 5.74) is 1.20. The Balaban J connectivity index is 2.63. The van der Waals surface area contributed by atoms with Gasteiger partial charge in [0.05, 0.1) is 25.0 Å². The first-order valence-corrected chi connectivity index (χ1v) is 6.85. The molecule has 0 aromatic heterocycles. The van der Waals surface area contributed by atoms with Crippen molar-refractivity contribution in [2.45, 2.75) is 12.2 Å². The fraction of sp³-hybridized carbons (Fsp3) is 0.357. The second-order valence-corrected chi connectivity index (χ2v) is 4.64. The van der Waals surface area contributed by atoms with Gasteiger partial charge in [-0.2, -0.15) is 0 Å². The van der Waals surface area contributed by atoms with Crippen molar-refractivity contribution in [3.63, 3.8) is 0 Å². The molecule has 0 saturated carbocycles. The first kappa shape index (κ1) is 15.5. The first-order valence-electron chi connectivity index (χ1n) is 5.70. The van der Waals surface area contributed by atoms with Crippen molar-refractivity contribution in [3.05, 3.63) is 35.1 Å². The maximum atomic E-state index is 13.5. The van der Waals surface area contributed by atoms with Crippen molar-refractivity contribution in [1.29, 1.82) is 0 Å². The number of benzene rings is 1. The van der Waals surface area contributed by atoms with Gasteiger partial charge in [0.2, 0.25) is 0 Å². The molecule has 1 N–H and O–H groups in total. The molecule has 19 heavy (non-hydrogen) atoms. The molecule has 0 amide bonds. The smallest absolute Gasteiger partial charge is 0.315 e. The van der Waals surface area contributed by atoms with Crippen LogP contribution in [-0.2, 0) is 15.3 Å². The highest BCUT2D eigenvalue weighted by Crippen LogP contribution is 2.16. The number of carbonyl (C=O) groups is 1. The molecule has 0 atom stereocenters. The zero-order valence-corrected chi connectivity index (χ0v) is 11.4. The van der Waals surface area contributed by atoms with Gasteiger partial charge in [-0.3, -0.25) is 4.79 Å². The summed E-state index contributed by atoms with van der Waals surface area (Å²) in [6.07, 6.45) is 0.320. The number of esters is 1. The second kappa shape index (κ2) is 8.57. The Labute approximate surface area is 116 Å². The van der Waals surface area contributed by atoms with E-state index in [1.165, 1.54) is 24.9 Å². The summed E-state index contributed by atoms with van der Waals surface area (Å²) in [4.78, 5) is 10.9. The van der Waals surface area contributed by atoms with E-state index in [4.69, 9.17) is 5.11 Å². The van der Waals surface area contributed by atoms with Crippen LogP contribution in [0.2, 0.25) is 0 Å². The molecular weight excluding hydrogens is 267 g/mol. The molecule has 0 aliphatic heterocycles. The normalized spacial score (nSPS) is 9.63. The molecule has 0 spiro atoms. The average molecular weight is 282 g/mol. The third-order valence-corrected chi connectivity index (χ3v) is 3.18. The predicted octanol–water partition coefficient (Wildman–Crippen LogP) is 1.97. The van der Waals surface area contributed by atoms with Gasteiger partial charge in [0.1, 0.15) is 5.82 Å². The molecule has 0 aliphatic rings. The standard InChI is InChI=1S/C14H15FO3S/c1-18-14(17)10-19-9-11-5-6-13(15)12(8-11)4-2-3-7-16/h5-6,8,16H,3,7,9-10H2,1H3. The molecule has 1 aromatic carbocycles. The number of methoxy groups -OCH3 is 1. The van der Waals surface area contributed by atoms with Gasteiger partial charge < -0.3 is 9.84 Å². The number of rotatable bonds is 5. The van der Waals surface area contributed by atoms with E-state index in [0.717, 1.165) is 5.56 Å². The lowest BCUT2D eigenvalue weighted by molar-refractivity contribution is -0.137. The van der Waals surface area contributed by atoms with Crippen LogP contribution in [0.15, 0.2) is 18.2 Å². The van der Waals surface area contributed by atoms with E-state index in [1.54, 1.807) is 12.1 Å². The van der Waals surface area contributed by atoms with Crippen LogP contribution >= 0.6 is 11.8 Å². The van der Waals surface area contributed by atoms with Crippen LogP contribution in [0.25, 0.3) is 0 Å². The number of carbonyl (C=O) groups excluding carboxylic acids is 1. The maximum Gasteiger partial charge on any atom is 0.315 e. The fourth-order valence-corrected chi connectivity index (χ4v) is 2.08. The van der Waals surface area contributed by atoms with Crippen molar-refractivity contribution in [2.75, 3.05) is 19.5 Å². The summed E-state index contributed by atoms with van der Waals surface area (Å²) in [6, 6.07) is 4.68. The van der Waals surface area contributed by atoms with E-state index >= 15 is 0 Å². The highest BCUT2D eigenvalue weighted by Gasteiger charge is 2.04. The highest BCUT2D eigenvalue weighted by atomic mass is 32.2. The summed E-state index contributed by atoms with van der Waals surface area (Å²) in [6.45, 7) is -0.0384. The summed E-state index contributed by atoms with van der Waals surface area (Å²) >= 11 is 1.40. The lowest BCUT2D eigenvalue weighted by atomic mass is 10.1. The summed E-state index contributed by atoms with van der Waals surface area (Å²) < 4.78 is 18.0. The minimum Gasteiger partial charge on any atom is -0.468 e. The van der Waals surface area contributed by atoms with Gasteiger partial charge in [-0.05, 0) is 17.7 Å². The van der Waals surface area contributed by atoms with Crippen molar-refractivity contribution >= 4 is 17.7 Å². The Bertz CT molecular complexity index is 491. The molecule has 102 valence electrons. The minimum atomic E-state index is -0.382. The van der Waals surface area contributed by atoms with Gasteiger partial charge in [-0.15, -0.1) is 11.8 Å². The average Bonchev–Trinajstić information content (AvgIpc) is 2.42. The number of thioether (sulfide) groups is 1. The lowest BCUT2D eigenvalue weighted by Gasteiger charge is -2.03. The molecule has 0 heterocycles. The van der Waals surface area contributed by atoms with E-state index in [2.05, 4.69) is 16.6 Å². The van der Waals surface area contributed by atoms with Gasteiger partial charge >= 0.3 is 5.97 Å². The van der Waals surface area contributed by atoms with Gasteiger partial charge in [-0.25, -0.2) is 4.39 Å². The van der Waals surface area contributed by atoms with Crippen LogP contribution in [0, 0.1) is 17.7 Å². The number of aliphatic hydroxyl groups excluding tert-OH is 1. The van der Waals surface area contributed by atoms with Crippen LogP contribution in [0.1, 0.15) is 17.5 Å². The number of aliphatic hydroxyl groups is 1. The van der Waals surface area contributed by atoms with Gasteiger partial charge in [0, 0.05) is 12.2 Å². The van der Waals surface area contributed by atoms with Gasteiger partial charge in [0.25, 0.3) is 0 Å². The topological polar surface area (TPSA) is 46.5 Å². The van der Waals surface area contributed by atoms with Crippen LogP contribution in [-0.4, -0.2) is 30.5 Å². The van der Waals surface area contributed by atoms with Crippen LogP contribution in [0.4, 0.5) is 4.39 Å². The van der Waals surface area contributed by atoms with Crippen molar-refractivity contribution in [3.8, 4) is 11.8 Å². The van der Waals surface area contributed by atoms with Crippen molar-refractivity contribution in [2.24, 2.45) is 0 Å². The Hall–Kier alpha value is -1.51. The summed E-state index contributed by atoms with van der Waals surface area (Å²) in [5.74, 6) is 5.55. The number of hydrogen-bond donors (Lipinski definition) is 1. The zero-order valence-electron chi connectivity index (χ0n) is 10.6. The second-order valence-electron chi connectivity index (χ2n) is 3.66. The number of ether oxygens (including phenoxy) is 1. The maximum absolute atomic E-state index is 13.5. The van der Waals surface area contributed by atoms with Crippen LogP contribution < -0.4 is 0 Å². The van der Waals surface area contributed by atoms with E-state index in [0.29, 0.717) is 17.7 Å². The molecule has 3 nitrogen and oxygen atoms in total. The quantitative estimate of drug-likeness (QED) is 0.662. The van der Waals surface area contributed by atoms with Crippen molar-refractivity contribution in [1.82, 2.24) is 0 Å². The summed E-state index contributed by atoms with van der Waals surface area (Å²) in [7, 11) is 1.34. The number of hydrogen-bond acceptors (Lipinski definition) is 4. The largest absolute Gasteiger partial charge is 0.468 e. The van der Waals surface area contributed by atoms with Crippen LogP contribution in [0.5, 0.6) is 0 Å². The SMILES string of the molecule is COC(=O)CSCc1ccc(F)c(C#CCCO)c1. The molecule has 0 radical (unpaired) electrons. The minimum absolute atomic E-state index is 0.0384. The van der Waals surface area contributed by atoms with Gasteiger partial charge in [-0.1, -0.05) is 17.9 Å². The molecule has 1 rings (SSSR count). The summed E-state index contributed by atoms with van der Waals surface area (Å²) in [5, 5.41) is 8.62. The third-order valence-electron chi connectivity index (χ3n) is 2.21. The van der Waals surface area contributed by atoms with Crippen LogP contribution in [0.3, 0.4) is 0 Å². The zero-order chi connectivity index (χ0) is 14.1. The Kier molecular flexibility index (Phi) is 7.01. The highest BCUT2D eigenvalue weighted by molar-refractivity contribution is 7.99. The fourth-order valence-electron chi connectivity index (χ4n) is 1.28. The van der Waals surface area contributed by atoms with E-state index in [9.17, 15) is 9.18 Å². The van der Waals surface area contributed by atoms with E-state index in [-0.39, 0.29) is 24.1 Å². The van der Waals surface area contributed by atoms with Crippen molar-refractivity contribution < 1.29 is 19.0 Å².